The molecule has 0 saturated heterocycles. The van der Waals surface area contributed by atoms with Gasteiger partial charge in [0.2, 0.25) is 5.95 Å². The highest BCUT2D eigenvalue weighted by Crippen LogP contribution is 2.17. The summed E-state index contributed by atoms with van der Waals surface area (Å²) in [6, 6.07) is 7.47. The number of benzene rings is 1. The molecule has 0 saturated carbocycles. The number of nitrogens with zero attached hydrogens (tertiary/aromatic N) is 4. The second-order valence-corrected chi connectivity index (χ2v) is 6.86. The first-order valence-corrected chi connectivity index (χ1v) is 9.22. The molecule has 0 bridgehead atoms. The van der Waals surface area contributed by atoms with E-state index in [0.717, 1.165) is 10.1 Å². The second kappa shape index (κ2) is 8.50. The Morgan fingerprint density at radius 1 is 1.24 bits per heavy atom. The van der Waals surface area contributed by atoms with Crippen LogP contribution in [-0.4, -0.2) is 54.8 Å². The first-order valence-electron chi connectivity index (χ1n) is 9.22. The molecule has 0 aliphatic rings. The van der Waals surface area contributed by atoms with Crippen molar-refractivity contribution in [1.82, 2.24) is 18.7 Å². The van der Waals surface area contributed by atoms with Gasteiger partial charge in [0, 0.05) is 20.6 Å². The molecule has 0 spiro atoms. The Balaban J connectivity index is 1.93. The molecule has 156 valence electrons. The van der Waals surface area contributed by atoms with E-state index in [9.17, 15) is 14.7 Å². The minimum Gasteiger partial charge on any atom is -0.491 e. The van der Waals surface area contributed by atoms with E-state index in [1.807, 2.05) is 25.1 Å². The summed E-state index contributed by atoms with van der Waals surface area (Å²) in [6.07, 6.45) is -0.940. The zero-order valence-electron chi connectivity index (χ0n) is 16.6. The maximum atomic E-state index is 12.7. The average Bonchev–Trinajstić information content (AvgIpc) is 3.06. The van der Waals surface area contributed by atoms with Crippen LogP contribution in [0.4, 0.5) is 5.95 Å². The number of aromatic nitrogens is 4. The number of rotatable bonds is 8. The second-order valence-electron chi connectivity index (χ2n) is 6.86. The lowest BCUT2D eigenvalue weighted by Gasteiger charge is -2.16. The SMILES string of the molecule is Cc1cccc(OC[C@@H](O)Cn2c(NCCO)nc3c2c(=O)n(C)c(=O)n3C)c1. The fraction of sp³-hybridized carbons (Fsp3) is 0.421. The van der Waals surface area contributed by atoms with Crippen LogP contribution in [-0.2, 0) is 20.6 Å². The van der Waals surface area contributed by atoms with Gasteiger partial charge in [0.15, 0.2) is 11.2 Å². The molecule has 3 aromatic rings. The minimum atomic E-state index is -0.940. The smallest absolute Gasteiger partial charge is 0.332 e. The fourth-order valence-corrected chi connectivity index (χ4v) is 3.09. The number of anilines is 1. The Labute approximate surface area is 166 Å². The van der Waals surface area contributed by atoms with Gasteiger partial charge in [-0.25, -0.2) is 4.79 Å². The van der Waals surface area contributed by atoms with Gasteiger partial charge in [-0.1, -0.05) is 12.1 Å². The molecule has 29 heavy (non-hydrogen) atoms. The fourth-order valence-electron chi connectivity index (χ4n) is 3.09. The molecule has 1 aromatic carbocycles. The van der Waals surface area contributed by atoms with Crippen molar-refractivity contribution in [2.24, 2.45) is 14.1 Å². The van der Waals surface area contributed by atoms with Crippen LogP contribution < -0.4 is 21.3 Å². The molecule has 10 heteroatoms. The summed E-state index contributed by atoms with van der Waals surface area (Å²) in [6.45, 7) is 2.03. The van der Waals surface area contributed by atoms with Crippen molar-refractivity contribution in [2.75, 3.05) is 25.1 Å². The number of fused-ring (bicyclic) bond motifs is 1. The van der Waals surface area contributed by atoms with Gasteiger partial charge < -0.3 is 24.8 Å². The van der Waals surface area contributed by atoms with Crippen molar-refractivity contribution in [3.63, 3.8) is 0 Å². The predicted octanol–water partition coefficient (Wildman–Crippen LogP) is -0.414. The monoisotopic (exact) mass is 403 g/mol. The zero-order chi connectivity index (χ0) is 21.1. The maximum Gasteiger partial charge on any atom is 0.332 e. The molecule has 0 aliphatic carbocycles. The molecule has 0 radical (unpaired) electrons. The number of aliphatic hydroxyl groups excluding tert-OH is 2. The molecule has 3 rings (SSSR count). The van der Waals surface area contributed by atoms with Gasteiger partial charge in [-0.05, 0) is 24.6 Å². The lowest BCUT2D eigenvalue weighted by molar-refractivity contribution is 0.0938. The van der Waals surface area contributed by atoms with Gasteiger partial charge in [-0.2, -0.15) is 4.98 Å². The molecular weight excluding hydrogens is 378 g/mol. The number of hydrogen-bond donors (Lipinski definition) is 3. The summed E-state index contributed by atoms with van der Waals surface area (Å²) < 4.78 is 9.42. The predicted molar refractivity (Wildman–Crippen MR) is 108 cm³/mol. The molecule has 2 aromatic heterocycles. The Hall–Kier alpha value is -3.11. The van der Waals surface area contributed by atoms with Gasteiger partial charge in [0.25, 0.3) is 5.56 Å². The van der Waals surface area contributed by atoms with Crippen LogP contribution in [0.3, 0.4) is 0 Å². The molecule has 0 amide bonds. The molecule has 3 N–H and O–H groups in total. The summed E-state index contributed by atoms with van der Waals surface area (Å²) in [5, 5.41) is 22.6. The minimum absolute atomic E-state index is 0.00858. The van der Waals surface area contributed by atoms with Crippen molar-refractivity contribution in [1.29, 1.82) is 0 Å². The van der Waals surface area contributed by atoms with E-state index in [4.69, 9.17) is 9.84 Å². The van der Waals surface area contributed by atoms with Crippen molar-refractivity contribution < 1.29 is 14.9 Å². The van der Waals surface area contributed by atoms with E-state index >= 15 is 0 Å². The Kier molecular flexibility index (Phi) is 6.04. The standard InChI is InChI=1S/C19H25N5O5/c1-12-5-4-6-14(9-12)29-11-13(26)10-24-15-16(21-18(24)20-7-8-25)22(2)19(28)23(3)17(15)27/h4-6,9,13,25-26H,7-8,10-11H2,1-3H3,(H,20,21)/t13-/m0/s1. The van der Waals surface area contributed by atoms with E-state index in [0.29, 0.717) is 5.75 Å². The third kappa shape index (κ3) is 4.17. The highest BCUT2D eigenvalue weighted by atomic mass is 16.5. The third-order valence-electron chi connectivity index (χ3n) is 4.57. The van der Waals surface area contributed by atoms with Crippen LogP contribution in [0.25, 0.3) is 11.2 Å². The Morgan fingerprint density at radius 2 is 2.00 bits per heavy atom. The third-order valence-corrected chi connectivity index (χ3v) is 4.57. The van der Waals surface area contributed by atoms with E-state index in [1.165, 1.54) is 23.2 Å². The van der Waals surface area contributed by atoms with E-state index in [2.05, 4.69) is 10.3 Å². The number of aliphatic hydroxyl groups is 2. The summed E-state index contributed by atoms with van der Waals surface area (Å²) in [7, 11) is 2.91. The normalized spacial score (nSPS) is 12.3. The molecule has 0 fully saturated rings. The van der Waals surface area contributed by atoms with E-state index < -0.39 is 17.4 Å². The van der Waals surface area contributed by atoms with Crippen molar-refractivity contribution in [2.45, 2.75) is 19.6 Å². The lowest BCUT2D eigenvalue weighted by atomic mass is 10.2. The number of aryl methyl sites for hydroxylation is 2. The first kappa shape index (κ1) is 20.6. The zero-order valence-corrected chi connectivity index (χ0v) is 16.6. The first-order chi connectivity index (χ1) is 13.8. The summed E-state index contributed by atoms with van der Waals surface area (Å²) >= 11 is 0. The summed E-state index contributed by atoms with van der Waals surface area (Å²) in [5.74, 6) is 0.915. The molecule has 0 unspecified atom stereocenters. The van der Waals surface area contributed by atoms with Gasteiger partial charge >= 0.3 is 5.69 Å². The van der Waals surface area contributed by atoms with Crippen molar-refractivity contribution in [3.05, 3.63) is 50.7 Å². The lowest BCUT2D eigenvalue weighted by Crippen LogP contribution is -2.38. The van der Waals surface area contributed by atoms with Crippen LogP contribution in [0.1, 0.15) is 5.56 Å². The van der Waals surface area contributed by atoms with Crippen LogP contribution in [0.2, 0.25) is 0 Å². The topological polar surface area (TPSA) is 124 Å². The van der Waals surface area contributed by atoms with E-state index in [1.54, 1.807) is 6.07 Å². The van der Waals surface area contributed by atoms with E-state index in [-0.39, 0.29) is 43.4 Å². The largest absolute Gasteiger partial charge is 0.491 e. The van der Waals surface area contributed by atoms with Crippen LogP contribution >= 0.6 is 0 Å². The number of nitrogens with one attached hydrogen (secondary N) is 1. The maximum absolute atomic E-state index is 12.7. The van der Waals surface area contributed by atoms with Crippen molar-refractivity contribution in [3.8, 4) is 5.75 Å². The quantitative estimate of drug-likeness (QED) is 0.467. The average molecular weight is 403 g/mol. The van der Waals surface area contributed by atoms with Crippen LogP contribution in [0.15, 0.2) is 33.9 Å². The van der Waals surface area contributed by atoms with Gasteiger partial charge in [0.05, 0.1) is 13.2 Å². The highest BCUT2D eigenvalue weighted by molar-refractivity contribution is 5.74. The molecule has 1 atom stereocenters. The summed E-state index contributed by atoms with van der Waals surface area (Å²) in [4.78, 5) is 29.2. The highest BCUT2D eigenvalue weighted by Gasteiger charge is 2.21. The van der Waals surface area contributed by atoms with Crippen LogP contribution in [0.5, 0.6) is 5.75 Å². The number of hydrogen-bond acceptors (Lipinski definition) is 7. The number of imidazole rings is 1. The Bertz CT molecular complexity index is 1130. The molecule has 10 nitrogen and oxygen atoms in total. The van der Waals surface area contributed by atoms with Crippen molar-refractivity contribution >= 4 is 17.1 Å². The summed E-state index contributed by atoms with van der Waals surface area (Å²) in [5.41, 5.74) is 0.413. The molecule has 0 aliphatic heterocycles. The van der Waals surface area contributed by atoms with Gasteiger partial charge in [-0.3, -0.25) is 13.9 Å². The van der Waals surface area contributed by atoms with Crippen LogP contribution in [0, 0.1) is 6.92 Å². The molecular formula is C19H25N5O5. The molecule has 2 heterocycles. The van der Waals surface area contributed by atoms with Gasteiger partial charge in [0.1, 0.15) is 18.5 Å². The van der Waals surface area contributed by atoms with Gasteiger partial charge in [-0.15, -0.1) is 0 Å². The number of ether oxygens (including phenoxy) is 1. The Morgan fingerprint density at radius 3 is 2.69 bits per heavy atom.